The van der Waals surface area contributed by atoms with E-state index in [4.69, 9.17) is 11.6 Å². The predicted molar refractivity (Wildman–Crippen MR) is 99.2 cm³/mol. The molecule has 1 fully saturated rings. The summed E-state index contributed by atoms with van der Waals surface area (Å²) in [7, 11) is 1.94. The number of aromatic nitrogens is 1. The quantitative estimate of drug-likeness (QED) is 0.701. The third-order valence-electron chi connectivity index (χ3n) is 4.78. The third-order valence-corrected chi connectivity index (χ3v) is 5.62. The van der Waals surface area contributed by atoms with Gasteiger partial charge < -0.3 is 9.88 Å². The summed E-state index contributed by atoms with van der Waals surface area (Å²) in [5, 5.41) is 4.73. The van der Waals surface area contributed by atoms with Gasteiger partial charge in [-0.2, -0.15) is 0 Å². The number of nitrogens with one attached hydrogen (secondary N) is 1. The number of aryl methyl sites for hydroxylation is 1. The molecule has 0 unspecified atom stereocenters. The van der Waals surface area contributed by atoms with Crippen LogP contribution in [-0.2, 0) is 7.05 Å². The second-order valence-corrected chi connectivity index (χ2v) is 7.79. The SMILES string of the molecule is Cn1cc(C(=O)NCC2CCCCCC2)c2c(Br)cc(Cl)cc21. The molecule has 3 nitrogen and oxygen atoms in total. The molecule has 1 saturated carbocycles. The maximum Gasteiger partial charge on any atom is 0.253 e. The van der Waals surface area contributed by atoms with Crippen LogP contribution < -0.4 is 5.32 Å². The van der Waals surface area contributed by atoms with Crippen molar-refractivity contribution < 1.29 is 4.79 Å². The molecule has 0 bridgehead atoms. The van der Waals surface area contributed by atoms with Crippen molar-refractivity contribution in [1.29, 1.82) is 0 Å². The molecule has 1 aromatic carbocycles. The molecule has 0 saturated heterocycles. The molecule has 1 N–H and O–H groups in total. The zero-order chi connectivity index (χ0) is 16.4. The monoisotopic (exact) mass is 396 g/mol. The van der Waals surface area contributed by atoms with Crippen LogP contribution in [0.3, 0.4) is 0 Å². The van der Waals surface area contributed by atoms with Gasteiger partial charge in [0.2, 0.25) is 0 Å². The molecule has 1 aliphatic rings. The summed E-state index contributed by atoms with van der Waals surface area (Å²) in [6.45, 7) is 0.778. The second-order valence-electron chi connectivity index (χ2n) is 6.50. The molecule has 1 heterocycles. The summed E-state index contributed by atoms with van der Waals surface area (Å²) in [4.78, 5) is 12.7. The number of benzene rings is 1. The summed E-state index contributed by atoms with van der Waals surface area (Å²) in [5.41, 5.74) is 1.67. The zero-order valence-corrected chi connectivity index (χ0v) is 15.7. The van der Waals surface area contributed by atoms with Crippen LogP contribution in [0.5, 0.6) is 0 Å². The lowest BCUT2D eigenvalue weighted by Gasteiger charge is -2.14. The van der Waals surface area contributed by atoms with Crippen LogP contribution in [0, 0.1) is 5.92 Å². The van der Waals surface area contributed by atoms with Gasteiger partial charge in [-0.05, 0) is 30.9 Å². The first-order chi connectivity index (χ1) is 11.1. The van der Waals surface area contributed by atoms with E-state index in [2.05, 4.69) is 21.2 Å². The van der Waals surface area contributed by atoms with Gasteiger partial charge in [0.25, 0.3) is 5.91 Å². The first-order valence-electron chi connectivity index (χ1n) is 8.28. The minimum absolute atomic E-state index is 0.00266. The molecule has 0 spiro atoms. The molecule has 1 aromatic heterocycles. The van der Waals surface area contributed by atoms with Crippen LogP contribution in [0.4, 0.5) is 0 Å². The van der Waals surface area contributed by atoms with E-state index >= 15 is 0 Å². The molecular weight excluding hydrogens is 376 g/mol. The van der Waals surface area contributed by atoms with E-state index in [9.17, 15) is 4.79 Å². The van der Waals surface area contributed by atoms with Crippen molar-refractivity contribution in [3.63, 3.8) is 0 Å². The number of carbonyl (C=O) groups excluding carboxylic acids is 1. The molecule has 3 rings (SSSR count). The van der Waals surface area contributed by atoms with Gasteiger partial charge in [-0.3, -0.25) is 4.79 Å². The summed E-state index contributed by atoms with van der Waals surface area (Å²) < 4.78 is 2.81. The van der Waals surface area contributed by atoms with Crippen LogP contribution in [0.1, 0.15) is 48.9 Å². The Hall–Kier alpha value is -1.00. The fourth-order valence-corrected chi connectivity index (χ4v) is 4.51. The molecule has 23 heavy (non-hydrogen) atoms. The van der Waals surface area contributed by atoms with Crippen molar-refractivity contribution in [1.82, 2.24) is 9.88 Å². The Kier molecular flexibility index (Phi) is 5.32. The Morgan fingerprint density at radius 1 is 1.30 bits per heavy atom. The molecule has 1 aliphatic carbocycles. The highest BCUT2D eigenvalue weighted by molar-refractivity contribution is 9.10. The number of halogens is 2. The van der Waals surface area contributed by atoms with E-state index in [0.29, 0.717) is 16.5 Å². The largest absolute Gasteiger partial charge is 0.352 e. The lowest BCUT2D eigenvalue weighted by Crippen LogP contribution is -2.29. The zero-order valence-electron chi connectivity index (χ0n) is 13.4. The van der Waals surface area contributed by atoms with Crippen LogP contribution in [0.15, 0.2) is 22.8 Å². The van der Waals surface area contributed by atoms with Gasteiger partial charge >= 0.3 is 0 Å². The van der Waals surface area contributed by atoms with Crippen molar-refractivity contribution in [3.05, 3.63) is 33.4 Å². The Bertz CT molecular complexity index is 717. The second kappa shape index (κ2) is 7.27. The van der Waals surface area contributed by atoms with E-state index in [1.165, 1.54) is 38.5 Å². The third kappa shape index (κ3) is 3.74. The molecule has 5 heteroatoms. The van der Waals surface area contributed by atoms with Crippen LogP contribution in [0.25, 0.3) is 10.9 Å². The van der Waals surface area contributed by atoms with E-state index in [-0.39, 0.29) is 5.91 Å². The Balaban J connectivity index is 1.78. The van der Waals surface area contributed by atoms with Gasteiger partial charge in [0, 0.05) is 34.7 Å². The number of fused-ring (bicyclic) bond motifs is 1. The number of amides is 1. The van der Waals surface area contributed by atoms with Crippen LogP contribution in [-0.4, -0.2) is 17.0 Å². The Morgan fingerprint density at radius 3 is 2.70 bits per heavy atom. The van der Waals surface area contributed by atoms with E-state index in [1.807, 2.05) is 29.9 Å². The highest BCUT2D eigenvalue weighted by Gasteiger charge is 2.19. The number of hydrogen-bond acceptors (Lipinski definition) is 1. The lowest BCUT2D eigenvalue weighted by atomic mass is 10.0. The van der Waals surface area contributed by atoms with Gasteiger partial charge in [-0.1, -0.05) is 53.2 Å². The topological polar surface area (TPSA) is 34.0 Å². The molecule has 0 aliphatic heterocycles. The van der Waals surface area contributed by atoms with E-state index in [1.54, 1.807) is 0 Å². The number of carbonyl (C=O) groups is 1. The molecule has 0 atom stereocenters. The fraction of sp³-hybridized carbons (Fsp3) is 0.500. The Labute approximate surface area is 150 Å². The van der Waals surface area contributed by atoms with Crippen molar-refractivity contribution >= 4 is 44.3 Å². The number of hydrogen-bond donors (Lipinski definition) is 1. The van der Waals surface area contributed by atoms with Crippen molar-refractivity contribution in [2.45, 2.75) is 38.5 Å². The highest BCUT2D eigenvalue weighted by atomic mass is 79.9. The fourth-order valence-electron chi connectivity index (χ4n) is 3.51. The standard InChI is InChI=1S/C18H22BrClN2O/c1-22-11-14(17-15(19)8-13(20)9-16(17)22)18(23)21-10-12-6-4-2-3-5-7-12/h8-9,11-12H,2-7,10H2,1H3,(H,21,23). The molecular formula is C18H22BrClN2O. The highest BCUT2D eigenvalue weighted by Crippen LogP contribution is 2.32. The molecule has 124 valence electrons. The maximum absolute atomic E-state index is 12.7. The van der Waals surface area contributed by atoms with Gasteiger partial charge in [0.15, 0.2) is 0 Å². The normalized spacial score (nSPS) is 16.5. The van der Waals surface area contributed by atoms with Crippen molar-refractivity contribution in [3.8, 4) is 0 Å². The van der Waals surface area contributed by atoms with Crippen molar-refractivity contribution in [2.24, 2.45) is 13.0 Å². The molecule has 0 radical (unpaired) electrons. The number of rotatable bonds is 3. The van der Waals surface area contributed by atoms with Gasteiger partial charge in [0.1, 0.15) is 0 Å². The minimum Gasteiger partial charge on any atom is -0.352 e. The summed E-state index contributed by atoms with van der Waals surface area (Å²) in [6.07, 6.45) is 9.60. The summed E-state index contributed by atoms with van der Waals surface area (Å²) in [6, 6.07) is 3.73. The number of nitrogens with zero attached hydrogens (tertiary/aromatic N) is 1. The molecule has 1 amide bonds. The van der Waals surface area contributed by atoms with E-state index < -0.39 is 0 Å². The van der Waals surface area contributed by atoms with Gasteiger partial charge in [-0.25, -0.2) is 0 Å². The van der Waals surface area contributed by atoms with Crippen LogP contribution in [0.2, 0.25) is 5.02 Å². The minimum atomic E-state index is 0.00266. The first-order valence-corrected chi connectivity index (χ1v) is 9.45. The summed E-state index contributed by atoms with van der Waals surface area (Å²) in [5.74, 6) is 0.622. The lowest BCUT2D eigenvalue weighted by molar-refractivity contribution is 0.0947. The maximum atomic E-state index is 12.7. The van der Waals surface area contributed by atoms with Crippen molar-refractivity contribution in [2.75, 3.05) is 6.54 Å². The van der Waals surface area contributed by atoms with E-state index in [0.717, 1.165) is 21.9 Å². The Morgan fingerprint density at radius 2 is 2.00 bits per heavy atom. The first kappa shape index (κ1) is 16.8. The van der Waals surface area contributed by atoms with Gasteiger partial charge in [0.05, 0.1) is 11.1 Å². The van der Waals surface area contributed by atoms with Gasteiger partial charge in [-0.15, -0.1) is 0 Å². The summed E-state index contributed by atoms with van der Waals surface area (Å²) >= 11 is 9.66. The smallest absolute Gasteiger partial charge is 0.253 e. The average molecular weight is 398 g/mol. The molecule has 2 aromatic rings. The average Bonchev–Trinajstić information content (AvgIpc) is 2.71. The van der Waals surface area contributed by atoms with Crippen LogP contribution >= 0.6 is 27.5 Å². The predicted octanol–water partition coefficient (Wildman–Crippen LogP) is 5.29.